The van der Waals surface area contributed by atoms with Crippen LogP contribution in [0.25, 0.3) is 140 Å². The number of fused-ring (bicyclic) bond motifs is 5. The first-order valence-corrected chi connectivity index (χ1v) is 46.2. The molecule has 20 aromatic rings. The van der Waals surface area contributed by atoms with E-state index in [1.807, 2.05) is 138 Å². The molecule has 144 heavy (non-hydrogen) atoms. The van der Waals surface area contributed by atoms with E-state index < -0.39 is 23.9 Å². The van der Waals surface area contributed by atoms with Crippen LogP contribution in [0, 0.1) is 63.7 Å². The second-order valence-corrected chi connectivity index (χ2v) is 34.1. The first kappa shape index (κ1) is 97.8. The van der Waals surface area contributed by atoms with Gasteiger partial charge < -0.3 is 34.8 Å². The number of nitrogens with one attached hydrogen (secondary N) is 1. The van der Waals surface area contributed by atoms with Crippen molar-refractivity contribution >= 4 is 57.4 Å². The molecule has 0 atom stereocenters. The molecule has 1 fully saturated rings. The van der Waals surface area contributed by atoms with Crippen LogP contribution in [0.2, 0.25) is 0 Å². The van der Waals surface area contributed by atoms with E-state index in [4.69, 9.17) is 9.47 Å². The lowest BCUT2D eigenvalue weighted by atomic mass is 9.99. The zero-order valence-electron chi connectivity index (χ0n) is 79.5. The van der Waals surface area contributed by atoms with E-state index in [1.165, 1.54) is 51.5 Å². The van der Waals surface area contributed by atoms with Gasteiger partial charge in [0.05, 0.1) is 100 Å². The number of carbonyl (C=O) groups is 5. The van der Waals surface area contributed by atoms with Gasteiger partial charge in [0.25, 0.3) is 5.91 Å². The number of carboxylic acids is 2. The number of aromatic carboxylic acids is 2. The number of halogens is 5. The lowest BCUT2D eigenvalue weighted by Crippen LogP contribution is -2.45. The number of ether oxygens (including phenoxy) is 2. The summed E-state index contributed by atoms with van der Waals surface area (Å²) < 4.78 is 86.8. The molecule has 27 nitrogen and oxygen atoms in total. The van der Waals surface area contributed by atoms with Crippen LogP contribution in [-0.4, -0.2) is 181 Å². The van der Waals surface area contributed by atoms with Crippen LogP contribution < -0.4 is 5.32 Å². The molecule has 15 aromatic heterocycles. The van der Waals surface area contributed by atoms with Gasteiger partial charge in [0, 0.05) is 167 Å². The maximum atomic E-state index is 13.8. The van der Waals surface area contributed by atoms with E-state index in [2.05, 4.69) is 72.0 Å². The average Bonchev–Trinajstić information content (AvgIpc) is 1.55. The number of amides is 1. The highest BCUT2D eigenvalue weighted by Gasteiger charge is 2.25. The Labute approximate surface area is 823 Å². The molecule has 21 rings (SSSR count). The maximum absolute atomic E-state index is 13.8. The number of esters is 2. The van der Waals surface area contributed by atoms with Gasteiger partial charge in [0.1, 0.15) is 29.1 Å². The van der Waals surface area contributed by atoms with Gasteiger partial charge in [0.15, 0.2) is 0 Å². The summed E-state index contributed by atoms with van der Waals surface area (Å²) >= 11 is 0. The van der Waals surface area contributed by atoms with Crippen LogP contribution in [-0.2, 0) is 9.47 Å². The van der Waals surface area contributed by atoms with Crippen molar-refractivity contribution in [2.75, 3.05) is 59.5 Å². The summed E-state index contributed by atoms with van der Waals surface area (Å²) in [5, 5.41) is 21.5. The minimum absolute atomic E-state index is 0.0351. The standard InChI is InChI=1S/C28H31FN6O.2C22H18FN3O2.2C20H14FN3O2/c1-20-17-21(7-9-25(20)29)26-24(5-3-10-30-26)22-6-8-23-18-32-27(35(23)19-22)28(36)31-11-4-12-34-15-13-33(2)14-16-34;1-3-28-22(27)21-25-12-17-8-6-16(13-26(17)21)18-5-4-10-24-20(18)15-7-9-19(23)14(2)11-15;1-3-28-22(27)21-25-13-17-12-15(8-10-26(17)21)18-5-4-9-24-20(18)16-6-7-19(23)14(2)11-16;1-12-9-13(5-7-17(12)21)18-16(3-2-8-22-18)14-4-6-15-10-23-19(20(25)26)24(15)11-14;1-12-9-14(4-5-17(12)21)18-16(3-2-7-22-18)13-6-8-24-15(10-13)11-23-19(24)20(25)26/h3,5-10,17-19H,4,11-16H2,1-2H3,(H,31,36);2*4-13H,3H2,1-2H3;2*2-11H,1H3,(H,25,26). The Bertz CT molecular complexity index is 8250. The Hall–Kier alpha value is -17.8. The number of aryl methyl sites for hydroxylation is 5. The summed E-state index contributed by atoms with van der Waals surface area (Å²) in [6.07, 6.45) is 26.4. The number of hydrogen-bond acceptors (Lipinski definition) is 19. The van der Waals surface area contributed by atoms with Crippen molar-refractivity contribution in [1.29, 1.82) is 0 Å². The lowest BCUT2D eigenvalue weighted by molar-refractivity contribution is 0.0502. The number of likely N-dealkylation sites (N-methyl/N-ethyl adjacent to an activating group) is 1. The number of piperazine rings is 1. The van der Waals surface area contributed by atoms with Gasteiger partial charge in [-0.2, -0.15) is 0 Å². The number of benzene rings is 5. The zero-order valence-corrected chi connectivity index (χ0v) is 79.5. The first-order chi connectivity index (χ1) is 69.7. The maximum Gasteiger partial charge on any atom is 0.374 e. The zero-order chi connectivity index (χ0) is 101. The minimum Gasteiger partial charge on any atom is -0.475 e. The summed E-state index contributed by atoms with van der Waals surface area (Å²) in [5.41, 5.74) is 23.1. The number of carbonyl (C=O) groups excluding carboxylic acids is 3. The molecule has 0 aliphatic carbocycles. The van der Waals surface area contributed by atoms with E-state index in [9.17, 15) is 56.1 Å². The molecule has 3 N–H and O–H groups in total. The van der Waals surface area contributed by atoms with Crippen LogP contribution in [0.3, 0.4) is 0 Å². The molecule has 16 heterocycles. The molecule has 1 aliphatic heterocycles. The predicted octanol–water partition coefficient (Wildman–Crippen LogP) is 21.7. The molecule has 32 heteroatoms. The largest absolute Gasteiger partial charge is 0.475 e. The molecule has 0 unspecified atom stereocenters. The van der Waals surface area contributed by atoms with Crippen LogP contribution in [0.5, 0.6) is 0 Å². The molecule has 1 saturated heterocycles. The van der Waals surface area contributed by atoms with Crippen molar-refractivity contribution in [2.24, 2.45) is 0 Å². The van der Waals surface area contributed by atoms with E-state index >= 15 is 0 Å². The second kappa shape index (κ2) is 43.7. The highest BCUT2D eigenvalue weighted by Crippen LogP contribution is 2.39. The van der Waals surface area contributed by atoms with E-state index in [-0.39, 0.29) is 64.9 Å². The monoisotopic (exact) mass is 1930 g/mol. The molecular weight excluding hydrogens is 1840 g/mol. The van der Waals surface area contributed by atoms with E-state index in [1.54, 1.807) is 186 Å². The van der Waals surface area contributed by atoms with Crippen molar-refractivity contribution < 1.29 is 65.6 Å². The first-order valence-electron chi connectivity index (χ1n) is 46.2. The third-order valence-corrected chi connectivity index (χ3v) is 24.4. The smallest absolute Gasteiger partial charge is 0.374 e. The fourth-order valence-corrected chi connectivity index (χ4v) is 16.9. The molecule has 5 aromatic carbocycles. The van der Waals surface area contributed by atoms with Crippen molar-refractivity contribution in [3.8, 4) is 112 Å². The van der Waals surface area contributed by atoms with Crippen LogP contribution >= 0.6 is 0 Å². The molecule has 0 saturated carbocycles. The van der Waals surface area contributed by atoms with Gasteiger partial charge in [0.2, 0.25) is 29.1 Å². The summed E-state index contributed by atoms with van der Waals surface area (Å²) in [4.78, 5) is 108. The number of rotatable bonds is 21. The molecule has 0 bridgehead atoms. The number of nitrogens with zero attached hydrogens (tertiary/aromatic N) is 17. The highest BCUT2D eigenvalue weighted by atomic mass is 19.1. The van der Waals surface area contributed by atoms with Gasteiger partial charge in [-0.05, 0) is 271 Å². The SMILES string of the molecule is CCOC(=O)c1ncc2cc(-c3cccnc3-c3ccc(F)c(C)c3)ccn12.CCOC(=O)c1ncc2ccc(-c3cccnc3-c3ccc(F)c(C)c3)cn12.Cc1cc(-c2ncccc2-c2ccc3cnc(C(=O)NCCCN4CCN(C)CC4)n3c2)ccc1F.Cc1cc(-c2ncccc2-c2ccc3cnc(C(=O)O)n3c2)ccc1F.Cc1cc(-c2ncccc2-c2ccn3c(C(=O)O)ncc3c2)ccc1F. The Morgan fingerprint density at radius 2 is 0.611 bits per heavy atom. The Kier molecular flexibility index (Phi) is 29.7. The molecular formula is C112H95F5N18O9. The van der Waals surface area contributed by atoms with Crippen molar-refractivity contribution in [2.45, 2.75) is 54.9 Å². The molecule has 0 radical (unpaired) electrons. The minimum atomic E-state index is -1.09. The topological polar surface area (TPSA) is 314 Å². The summed E-state index contributed by atoms with van der Waals surface area (Å²) in [6, 6.07) is 62.6. The Balaban J connectivity index is 0.000000124. The molecule has 1 aliphatic rings. The normalized spacial score (nSPS) is 12.0. The number of pyridine rings is 10. The third kappa shape index (κ3) is 21.6. The van der Waals surface area contributed by atoms with Gasteiger partial charge in [-0.15, -0.1) is 0 Å². The fourth-order valence-electron chi connectivity index (χ4n) is 16.9. The summed E-state index contributed by atoms with van der Waals surface area (Å²) in [7, 11) is 2.15. The second-order valence-electron chi connectivity index (χ2n) is 34.1. The number of aromatic nitrogens is 15. The van der Waals surface area contributed by atoms with Crippen molar-refractivity contribution in [3.05, 3.63) is 391 Å². The number of hydrogen-bond donors (Lipinski definition) is 3. The van der Waals surface area contributed by atoms with E-state index in [0.717, 1.165) is 162 Å². The Morgan fingerprint density at radius 1 is 0.326 bits per heavy atom. The van der Waals surface area contributed by atoms with Crippen molar-refractivity contribution in [1.82, 2.24) is 87.0 Å². The molecule has 722 valence electrons. The summed E-state index contributed by atoms with van der Waals surface area (Å²) in [5.74, 6) is -3.82. The fraction of sp³-hybridized carbons (Fsp3) is 0.152. The average molecular weight is 1930 g/mol. The number of carboxylic acid groups (broad SMARTS) is 2. The Morgan fingerprint density at radius 3 is 0.944 bits per heavy atom. The number of imidazole rings is 5. The van der Waals surface area contributed by atoms with E-state index in [0.29, 0.717) is 63.5 Å². The van der Waals surface area contributed by atoms with Gasteiger partial charge in [-0.3, -0.25) is 51.7 Å². The van der Waals surface area contributed by atoms with Gasteiger partial charge >= 0.3 is 23.9 Å². The van der Waals surface area contributed by atoms with Crippen LogP contribution in [0.15, 0.2) is 305 Å². The van der Waals surface area contributed by atoms with Crippen LogP contribution in [0.1, 0.15) is 101 Å². The quantitative estimate of drug-likeness (QED) is 0.0342. The lowest BCUT2D eigenvalue weighted by Gasteiger charge is -2.32. The molecule has 1 amide bonds. The highest BCUT2D eigenvalue weighted by molar-refractivity contribution is 5.94. The predicted molar refractivity (Wildman–Crippen MR) is 539 cm³/mol. The van der Waals surface area contributed by atoms with Gasteiger partial charge in [-0.25, -0.2) is 66.1 Å². The molecule has 0 spiro atoms. The third-order valence-electron chi connectivity index (χ3n) is 24.4. The summed E-state index contributed by atoms with van der Waals surface area (Å²) in [6.45, 7) is 18.6. The van der Waals surface area contributed by atoms with Crippen molar-refractivity contribution in [3.63, 3.8) is 0 Å². The van der Waals surface area contributed by atoms with Crippen LogP contribution in [0.4, 0.5) is 22.0 Å². The van der Waals surface area contributed by atoms with Gasteiger partial charge in [-0.1, -0.05) is 48.5 Å².